The third kappa shape index (κ3) is 4.76. The van der Waals surface area contributed by atoms with Gasteiger partial charge in [0.2, 0.25) is 0 Å². The average molecular weight is 432 g/mol. The summed E-state index contributed by atoms with van der Waals surface area (Å²) in [5.74, 6) is 0. The highest BCUT2D eigenvalue weighted by atomic mass is 35.5. The molecule has 0 bridgehead atoms. The first kappa shape index (κ1) is 19.9. The minimum atomic E-state index is 0.687. The van der Waals surface area contributed by atoms with Gasteiger partial charge in [-0.15, -0.1) is 11.3 Å². The van der Waals surface area contributed by atoms with Crippen LogP contribution in [0.1, 0.15) is 16.8 Å². The molecule has 4 rings (SSSR count). The summed E-state index contributed by atoms with van der Waals surface area (Å²) in [6.07, 6.45) is 0. The number of halogens is 2. The van der Waals surface area contributed by atoms with E-state index in [4.69, 9.17) is 28.2 Å². The molecule has 0 N–H and O–H groups in total. The molecule has 0 radical (unpaired) electrons. The van der Waals surface area contributed by atoms with Crippen LogP contribution in [0.2, 0.25) is 10.0 Å². The van der Waals surface area contributed by atoms with Crippen LogP contribution in [0.15, 0.2) is 47.8 Å². The molecule has 6 heteroatoms. The molecule has 28 heavy (non-hydrogen) atoms. The Morgan fingerprint density at radius 2 is 1.68 bits per heavy atom. The molecule has 2 heterocycles. The van der Waals surface area contributed by atoms with Gasteiger partial charge in [0.05, 0.1) is 5.69 Å². The van der Waals surface area contributed by atoms with Gasteiger partial charge in [-0.05, 0) is 30.2 Å². The summed E-state index contributed by atoms with van der Waals surface area (Å²) in [4.78, 5) is 9.81. The molecule has 3 aromatic rings. The second-order valence-electron chi connectivity index (χ2n) is 7.25. The normalized spacial score (nSPS) is 15.8. The van der Waals surface area contributed by atoms with Crippen LogP contribution in [-0.4, -0.2) is 41.0 Å². The van der Waals surface area contributed by atoms with Crippen molar-refractivity contribution in [2.45, 2.75) is 20.0 Å². The van der Waals surface area contributed by atoms with Gasteiger partial charge in [0.15, 0.2) is 0 Å². The minimum Gasteiger partial charge on any atom is -0.296 e. The van der Waals surface area contributed by atoms with Crippen LogP contribution < -0.4 is 0 Å². The molecular formula is C22H23Cl2N3S. The largest absolute Gasteiger partial charge is 0.296 e. The maximum atomic E-state index is 6.32. The Morgan fingerprint density at radius 1 is 0.964 bits per heavy atom. The quantitative estimate of drug-likeness (QED) is 0.512. The SMILES string of the molecule is Cc1ccccc1-c1nc(CN2CCN(Cc3ccc(Cl)cc3Cl)CC2)cs1. The number of piperazine rings is 1. The van der Waals surface area contributed by atoms with Crippen molar-refractivity contribution in [1.82, 2.24) is 14.8 Å². The first-order chi connectivity index (χ1) is 13.6. The van der Waals surface area contributed by atoms with E-state index >= 15 is 0 Å². The standard InChI is InChI=1S/C22H23Cl2N3S/c1-16-4-2-3-5-20(16)22-25-19(15-28-22)14-27-10-8-26(9-11-27)13-17-6-7-18(23)12-21(17)24/h2-7,12,15H,8-11,13-14H2,1H3. The number of nitrogens with zero attached hydrogens (tertiary/aromatic N) is 3. The number of aryl methyl sites for hydroxylation is 1. The van der Waals surface area contributed by atoms with E-state index in [0.29, 0.717) is 5.02 Å². The van der Waals surface area contributed by atoms with E-state index in [1.54, 1.807) is 11.3 Å². The molecule has 1 saturated heterocycles. The Kier molecular flexibility index (Phi) is 6.34. The Labute approximate surface area is 180 Å². The zero-order chi connectivity index (χ0) is 19.5. The molecule has 0 spiro atoms. The Morgan fingerprint density at radius 3 is 2.39 bits per heavy atom. The van der Waals surface area contributed by atoms with Gasteiger partial charge in [-0.1, -0.05) is 53.5 Å². The van der Waals surface area contributed by atoms with Crippen LogP contribution in [0.5, 0.6) is 0 Å². The maximum Gasteiger partial charge on any atom is 0.123 e. The molecular weight excluding hydrogens is 409 g/mol. The lowest BCUT2D eigenvalue weighted by Crippen LogP contribution is -2.45. The molecule has 1 aliphatic rings. The summed E-state index contributed by atoms with van der Waals surface area (Å²) in [6, 6.07) is 14.2. The summed E-state index contributed by atoms with van der Waals surface area (Å²) in [6.45, 7) is 8.09. The van der Waals surface area contributed by atoms with Crippen LogP contribution in [-0.2, 0) is 13.1 Å². The van der Waals surface area contributed by atoms with Gasteiger partial charge in [0.1, 0.15) is 5.01 Å². The number of hydrogen-bond acceptors (Lipinski definition) is 4. The molecule has 0 saturated carbocycles. The summed E-state index contributed by atoms with van der Waals surface area (Å²) < 4.78 is 0. The fraction of sp³-hybridized carbons (Fsp3) is 0.318. The van der Waals surface area contributed by atoms with Crippen molar-refractivity contribution in [2.75, 3.05) is 26.2 Å². The van der Waals surface area contributed by atoms with E-state index in [-0.39, 0.29) is 0 Å². The number of benzene rings is 2. The number of aromatic nitrogens is 1. The zero-order valence-corrected chi connectivity index (χ0v) is 18.2. The van der Waals surface area contributed by atoms with Crippen molar-refractivity contribution in [1.29, 1.82) is 0 Å². The number of thiazole rings is 1. The predicted octanol–water partition coefficient (Wildman–Crippen LogP) is 5.74. The topological polar surface area (TPSA) is 19.4 Å². The third-order valence-electron chi connectivity index (χ3n) is 5.19. The molecule has 1 fully saturated rings. The molecule has 0 atom stereocenters. The van der Waals surface area contributed by atoms with Crippen molar-refractivity contribution >= 4 is 34.5 Å². The summed E-state index contributed by atoms with van der Waals surface area (Å²) >= 11 is 14.1. The molecule has 2 aromatic carbocycles. The molecule has 1 aromatic heterocycles. The van der Waals surface area contributed by atoms with Gasteiger partial charge in [-0.2, -0.15) is 0 Å². The van der Waals surface area contributed by atoms with Crippen molar-refractivity contribution in [2.24, 2.45) is 0 Å². The average Bonchev–Trinajstić information content (AvgIpc) is 3.14. The highest BCUT2D eigenvalue weighted by molar-refractivity contribution is 7.13. The highest BCUT2D eigenvalue weighted by Crippen LogP contribution is 2.27. The lowest BCUT2D eigenvalue weighted by Gasteiger charge is -2.34. The second kappa shape index (κ2) is 8.93. The van der Waals surface area contributed by atoms with E-state index < -0.39 is 0 Å². The van der Waals surface area contributed by atoms with Crippen molar-refractivity contribution in [3.8, 4) is 10.6 Å². The summed E-state index contributed by atoms with van der Waals surface area (Å²) in [5, 5.41) is 4.75. The van der Waals surface area contributed by atoms with Gasteiger partial charge < -0.3 is 0 Å². The van der Waals surface area contributed by atoms with E-state index in [1.165, 1.54) is 11.1 Å². The van der Waals surface area contributed by atoms with E-state index in [1.807, 2.05) is 18.2 Å². The Bertz CT molecular complexity index is 948. The summed E-state index contributed by atoms with van der Waals surface area (Å²) in [5.41, 5.74) is 4.82. The van der Waals surface area contributed by atoms with E-state index in [0.717, 1.165) is 60.6 Å². The lowest BCUT2D eigenvalue weighted by atomic mass is 10.1. The van der Waals surface area contributed by atoms with E-state index in [9.17, 15) is 0 Å². The van der Waals surface area contributed by atoms with Gasteiger partial charge in [-0.3, -0.25) is 9.80 Å². The van der Waals surface area contributed by atoms with Crippen molar-refractivity contribution in [3.05, 3.63) is 74.7 Å². The molecule has 0 aliphatic carbocycles. The van der Waals surface area contributed by atoms with Crippen LogP contribution in [0.4, 0.5) is 0 Å². The predicted molar refractivity (Wildman–Crippen MR) is 119 cm³/mol. The second-order valence-corrected chi connectivity index (χ2v) is 8.95. The first-order valence-electron chi connectivity index (χ1n) is 9.47. The molecule has 0 amide bonds. The van der Waals surface area contributed by atoms with Crippen LogP contribution in [0.25, 0.3) is 10.6 Å². The maximum absolute atomic E-state index is 6.32. The Hall–Kier alpha value is -1.43. The molecule has 0 unspecified atom stereocenters. The van der Waals surface area contributed by atoms with Crippen LogP contribution in [0.3, 0.4) is 0 Å². The number of hydrogen-bond donors (Lipinski definition) is 0. The van der Waals surface area contributed by atoms with Crippen LogP contribution >= 0.6 is 34.5 Å². The van der Waals surface area contributed by atoms with Crippen molar-refractivity contribution in [3.63, 3.8) is 0 Å². The monoisotopic (exact) mass is 431 g/mol. The highest BCUT2D eigenvalue weighted by Gasteiger charge is 2.19. The Balaban J connectivity index is 1.32. The summed E-state index contributed by atoms with van der Waals surface area (Å²) in [7, 11) is 0. The zero-order valence-electron chi connectivity index (χ0n) is 15.9. The minimum absolute atomic E-state index is 0.687. The first-order valence-corrected chi connectivity index (χ1v) is 11.1. The fourth-order valence-electron chi connectivity index (χ4n) is 3.54. The van der Waals surface area contributed by atoms with Gasteiger partial charge in [-0.25, -0.2) is 4.98 Å². The van der Waals surface area contributed by atoms with Gasteiger partial charge in [0, 0.05) is 60.3 Å². The fourth-order valence-corrected chi connectivity index (χ4v) is 4.91. The van der Waals surface area contributed by atoms with E-state index in [2.05, 4.69) is 46.4 Å². The lowest BCUT2D eigenvalue weighted by molar-refractivity contribution is 0.121. The number of rotatable bonds is 5. The molecule has 1 aliphatic heterocycles. The van der Waals surface area contributed by atoms with Gasteiger partial charge >= 0.3 is 0 Å². The van der Waals surface area contributed by atoms with Crippen molar-refractivity contribution < 1.29 is 0 Å². The van der Waals surface area contributed by atoms with Gasteiger partial charge in [0.25, 0.3) is 0 Å². The smallest absolute Gasteiger partial charge is 0.123 e. The molecule has 146 valence electrons. The molecule has 3 nitrogen and oxygen atoms in total. The van der Waals surface area contributed by atoms with Crippen LogP contribution in [0, 0.1) is 6.92 Å². The third-order valence-corrected chi connectivity index (χ3v) is 6.70.